The molecular weight excluding hydrogens is 409 g/mol. The number of rotatable bonds is 4. The van der Waals surface area contributed by atoms with Crippen molar-refractivity contribution < 1.29 is 27.8 Å². The lowest BCUT2D eigenvalue weighted by Gasteiger charge is -2.26. The maximum Gasteiger partial charge on any atom is 0.418 e. The Labute approximate surface area is 179 Å². The number of aliphatic hydroxyl groups excluding tert-OH is 1. The fourth-order valence-electron chi connectivity index (χ4n) is 3.79. The largest absolute Gasteiger partial charge is 0.494 e. The monoisotopic (exact) mass is 436 g/mol. The number of anilines is 1. The topological polar surface area (TPSA) is 70.6 Å². The highest BCUT2D eigenvalue weighted by atomic mass is 19.4. The Balaban J connectivity index is 1.88. The summed E-state index contributed by atoms with van der Waals surface area (Å²) in [5.41, 5.74) is 1.96. The van der Waals surface area contributed by atoms with E-state index in [0.717, 1.165) is 11.1 Å². The number of alkyl halides is 3. The van der Waals surface area contributed by atoms with Crippen molar-refractivity contribution in [3.8, 4) is 5.75 Å². The summed E-state index contributed by atoms with van der Waals surface area (Å²) >= 11 is 0. The lowest BCUT2D eigenvalue weighted by Crippen LogP contribution is -2.38. The summed E-state index contributed by atoms with van der Waals surface area (Å²) < 4.78 is 45.0. The quantitative estimate of drug-likeness (QED) is 0.640. The Morgan fingerprint density at radius 1 is 1.13 bits per heavy atom. The predicted molar refractivity (Wildman–Crippen MR) is 113 cm³/mol. The number of urea groups is 1. The van der Waals surface area contributed by atoms with E-state index in [0.29, 0.717) is 18.4 Å². The van der Waals surface area contributed by atoms with Gasteiger partial charge in [0.1, 0.15) is 5.75 Å². The molecule has 0 spiro atoms. The van der Waals surface area contributed by atoms with Gasteiger partial charge >= 0.3 is 12.2 Å². The van der Waals surface area contributed by atoms with Crippen LogP contribution in [0.5, 0.6) is 5.75 Å². The molecule has 2 aromatic carbocycles. The minimum absolute atomic E-state index is 0.0706. The van der Waals surface area contributed by atoms with Crippen LogP contribution < -0.4 is 15.4 Å². The lowest BCUT2D eigenvalue weighted by molar-refractivity contribution is -0.207. The number of ether oxygens (including phenoxy) is 1. The van der Waals surface area contributed by atoms with Crippen molar-refractivity contribution in [1.29, 1.82) is 0 Å². The Kier molecular flexibility index (Phi) is 6.23. The van der Waals surface area contributed by atoms with Crippen molar-refractivity contribution in [2.75, 3.05) is 12.4 Å². The predicted octanol–water partition coefficient (Wildman–Crippen LogP) is 4.88. The van der Waals surface area contributed by atoms with Crippen molar-refractivity contribution in [3.05, 3.63) is 58.7 Å². The zero-order valence-electron chi connectivity index (χ0n) is 17.9. The first kappa shape index (κ1) is 22.9. The van der Waals surface area contributed by atoms with E-state index >= 15 is 0 Å². The number of hydrogen-bond donors (Lipinski definition) is 3. The maximum absolute atomic E-state index is 13.3. The third-order valence-electron chi connectivity index (χ3n) is 5.43. The maximum atomic E-state index is 13.3. The fourth-order valence-corrected chi connectivity index (χ4v) is 3.79. The van der Waals surface area contributed by atoms with E-state index in [9.17, 15) is 23.1 Å². The molecule has 2 amide bonds. The van der Waals surface area contributed by atoms with Gasteiger partial charge in [0, 0.05) is 11.6 Å². The number of fused-ring (bicyclic) bond motifs is 1. The number of hydrogen-bond acceptors (Lipinski definition) is 3. The molecule has 0 radical (unpaired) electrons. The highest BCUT2D eigenvalue weighted by Crippen LogP contribution is 2.43. The summed E-state index contributed by atoms with van der Waals surface area (Å²) in [6, 6.07) is 10.1. The Morgan fingerprint density at radius 2 is 1.71 bits per heavy atom. The number of aliphatic hydroxyl groups is 1. The number of methoxy groups -OCH3 is 1. The molecule has 1 atom stereocenters. The van der Waals surface area contributed by atoms with Crippen molar-refractivity contribution in [2.45, 2.75) is 57.3 Å². The Bertz CT molecular complexity index is 943. The van der Waals surface area contributed by atoms with Crippen LogP contribution in [-0.4, -0.2) is 30.5 Å². The number of halogens is 3. The van der Waals surface area contributed by atoms with Gasteiger partial charge in [-0.25, -0.2) is 4.79 Å². The van der Waals surface area contributed by atoms with Gasteiger partial charge in [0.05, 0.1) is 12.8 Å². The van der Waals surface area contributed by atoms with Gasteiger partial charge in [-0.2, -0.15) is 13.2 Å². The molecule has 0 heterocycles. The average molecular weight is 436 g/mol. The van der Waals surface area contributed by atoms with Gasteiger partial charge in [-0.15, -0.1) is 0 Å². The normalized spacial score (nSPS) is 15.4. The van der Waals surface area contributed by atoms with Crippen molar-refractivity contribution >= 4 is 11.7 Å². The number of nitrogens with one attached hydrogen (secondary N) is 2. The van der Waals surface area contributed by atoms with Crippen LogP contribution in [0.15, 0.2) is 36.4 Å². The van der Waals surface area contributed by atoms with Crippen LogP contribution in [0.4, 0.5) is 23.7 Å². The zero-order chi connectivity index (χ0) is 23.0. The van der Waals surface area contributed by atoms with E-state index in [4.69, 9.17) is 4.74 Å². The number of benzene rings is 2. The molecule has 8 heteroatoms. The van der Waals surface area contributed by atoms with Crippen molar-refractivity contribution in [2.24, 2.45) is 0 Å². The minimum Gasteiger partial charge on any atom is -0.494 e. The first-order chi connectivity index (χ1) is 14.4. The molecule has 3 rings (SSSR count). The SMILES string of the molecule is COc1c(NC(=O)NC2Cc3ccccc3C2)cc(C(C)(C)C)cc1[C@@H](O)C(F)(F)F. The number of carbonyl (C=O) groups is 1. The summed E-state index contributed by atoms with van der Waals surface area (Å²) in [5.74, 6) is -0.220. The van der Waals surface area contributed by atoms with Crippen molar-refractivity contribution in [3.63, 3.8) is 0 Å². The highest BCUT2D eigenvalue weighted by Gasteiger charge is 2.42. The molecule has 0 saturated carbocycles. The number of amides is 2. The van der Waals surface area contributed by atoms with Gasteiger partial charge in [-0.3, -0.25) is 0 Å². The molecule has 3 N–H and O–H groups in total. The molecular formula is C23H27F3N2O3. The van der Waals surface area contributed by atoms with Crippen molar-refractivity contribution in [1.82, 2.24) is 5.32 Å². The van der Waals surface area contributed by atoms with Gasteiger partial charge in [0.15, 0.2) is 6.10 Å². The van der Waals surface area contributed by atoms with E-state index in [-0.39, 0.29) is 17.5 Å². The molecule has 0 saturated heterocycles. The Hall–Kier alpha value is -2.74. The Morgan fingerprint density at radius 3 is 2.19 bits per heavy atom. The molecule has 0 bridgehead atoms. The average Bonchev–Trinajstić information content (AvgIpc) is 3.07. The standard InChI is InChI=1S/C23H27F3N2O3/c1-22(2,3)15-11-17(20(29)23(24,25)26)19(31-4)18(12-15)28-21(30)27-16-9-13-7-5-6-8-14(13)10-16/h5-8,11-12,16,20,29H,9-10H2,1-4H3,(H2,27,28,30)/t20-/m1/s1. The molecule has 5 nitrogen and oxygen atoms in total. The first-order valence-electron chi connectivity index (χ1n) is 10.0. The molecule has 0 aliphatic heterocycles. The molecule has 31 heavy (non-hydrogen) atoms. The fraction of sp³-hybridized carbons (Fsp3) is 0.435. The summed E-state index contributed by atoms with van der Waals surface area (Å²) in [7, 11) is 1.20. The molecule has 1 aliphatic rings. The summed E-state index contributed by atoms with van der Waals surface area (Å²) in [5, 5.41) is 15.4. The summed E-state index contributed by atoms with van der Waals surface area (Å²) in [4.78, 5) is 12.7. The van der Waals surface area contributed by atoms with Crippen LogP contribution in [-0.2, 0) is 18.3 Å². The third-order valence-corrected chi connectivity index (χ3v) is 5.43. The van der Waals surface area contributed by atoms with Gasteiger partial charge in [0.25, 0.3) is 0 Å². The van der Waals surface area contributed by atoms with Crippen LogP contribution in [0.2, 0.25) is 0 Å². The zero-order valence-corrected chi connectivity index (χ0v) is 17.9. The van der Waals surface area contributed by atoms with Crippen LogP contribution in [0, 0.1) is 0 Å². The molecule has 168 valence electrons. The van der Waals surface area contributed by atoms with Crippen LogP contribution >= 0.6 is 0 Å². The van der Waals surface area contributed by atoms with E-state index in [2.05, 4.69) is 10.6 Å². The molecule has 1 aliphatic carbocycles. The minimum atomic E-state index is -4.88. The van der Waals surface area contributed by atoms with Gasteiger partial charge in [-0.1, -0.05) is 45.0 Å². The van der Waals surface area contributed by atoms with E-state index in [1.165, 1.54) is 13.2 Å². The third kappa shape index (κ3) is 5.12. The second-order valence-corrected chi connectivity index (χ2v) is 8.81. The molecule has 0 aromatic heterocycles. The second kappa shape index (κ2) is 8.42. The lowest BCUT2D eigenvalue weighted by atomic mass is 9.84. The van der Waals surface area contributed by atoms with Gasteiger partial charge in [0.2, 0.25) is 0 Å². The van der Waals surface area contributed by atoms with Crippen LogP contribution in [0.25, 0.3) is 0 Å². The number of carbonyl (C=O) groups excluding carboxylic acids is 1. The molecule has 0 unspecified atom stereocenters. The van der Waals surface area contributed by atoms with Gasteiger partial charge in [-0.05, 0) is 47.1 Å². The van der Waals surface area contributed by atoms with E-state index < -0.39 is 29.3 Å². The smallest absolute Gasteiger partial charge is 0.418 e. The van der Waals surface area contributed by atoms with Crippen LogP contribution in [0.3, 0.4) is 0 Å². The molecule has 0 fully saturated rings. The van der Waals surface area contributed by atoms with E-state index in [1.54, 1.807) is 6.07 Å². The first-order valence-corrected chi connectivity index (χ1v) is 10.0. The van der Waals surface area contributed by atoms with Crippen LogP contribution in [0.1, 0.15) is 49.1 Å². The highest BCUT2D eigenvalue weighted by molar-refractivity contribution is 5.92. The van der Waals surface area contributed by atoms with E-state index in [1.807, 2.05) is 45.0 Å². The second-order valence-electron chi connectivity index (χ2n) is 8.81. The summed E-state index contributed by atoms with van der Waals surface area (Å²) in [6.45, 7) is 5.49. The molecule has 2 aromatic rings. The van der Waals surface area contributed by atoms with Gasteiger partial charge < -0.3 is 20.5 Å². The summed E-state index contributed by atoms with van der Waals surface area (Å²) in [6.07, 6.45) is -6.25.